The summed E-state index contributed by atoms with van der Waals surface area (Å²) >= 11 is 1.56. The maximum atomic E-state index is 12.5. The minimum absolute atomic E-state index is 0.0150. The van der Waals surface area contributed by atoms with Crippen molar-refractivity contribution in [3.63, 3.8) is 0 Å². The lowest BCUT2D eigenvalue weighted by molar-refractivity contribution is 0.0942. The fraction of sp³-hybridized carbons (Fsp3) is 0.467. The van der Waals surface area contributed by atoms with Gasteiger partial charge in [-0.3, -0.25) is 24.0 Å². The molecule has 128 valence electrons. The minimum Gasteiger partial charge on any atom is -0.384 e. The molecule has 0 bridgehead atoms. The number of aromatic amines is 1. The van der Waals surface area contributed by atoms with Crippen LogP contribution in [-0.4, -0.2) is 38.8 Å². The summed E-state index contributed by atoms with van der Waals surface area (Å²) < 4.78 is 1.32. The Morgan fingerprint density at radius 2 is 2.21 bits per heavy atom. The molecule has 0 amide bonds. The van der Waals surface area contributed by atoms with Crippen LogP contribution in [0.1, 0.15) is 39.1 Å². The first-order valence-corrected chi connectivity index (χ1v) is 8.45. The molecular weight excluding hydrogens is 330 g/mol. The van der Waals surface area contributed by atoms with Gasteiger partial charge in [-0.15, -0.1) is 11.3 Å². The van der Waals surface area contributed by atoms with E-state index in [1.165, 1.54) is 4.57 Å². The van der Waals surface area contributed by atoms with Crippen LogP contribution in [0.4, 0.5) is 5.82 Å². The van der Waals surface area contributed by atoms with Crippen LogP contribution >= 0.6 is 11.3 Å². The minimum atomic E-state index is -0.721. The second-order valence-corrected chi connectivity index (χ2v) is 7.38. The van der Waals surface area contributed by atoms with Gasteiger partial charge in [-0.05, 0) is 26.8 Å². The van der Waals surface area contributed by atoms with E-state index in [9.17, 15) is 14.4 Å². The summed E-state index contributed by atoms with van der Waals surface area (Å²) in [6, 6.07) is -0.0150. The van der Waals surface area contributed by atoms with Crippen molar-refractivity contribution in [1.29, 1.82) is 0 Å². The van der Waals surface area contributed by atoms with Crippen LogP contribution in [0.2, 0.25) is 0 Å². The Morgan fingerprint density at radius 1 is 1.50 bits per heavy atom. The molecule has 0 atom stereocenters. The third kappa shape index (κ3) is 3.31. The van der Waals surface area contributed by atoms with E-state index in [4.69, 9.17) is 5.73 Å². The molecule has 2 aromatic heterocycles. The highest BCUT2D eigenvalue weighted by atomic mass is 32.1. The SMILES string of the molecule is Cc1ncc(CN(C)CC(=O)c2c(N)n(C3CC3)c(=O)[nH]c2=O)s1. The molecule has 1 saturated carbocycles. The van der Waals surface area contributed by atoms with Crippen LogP contribution in [-0.2, 0) is 6.54 Å². The highest BCUT2D eigenvalue weighted by molar-refractivity contribution is 7.11. The Balaban J connectivity index is 1.81. The van der Waals surface area contributed by atoms with E-state index in [-0.39, 0.29) is 24.0 Å². The van der Waals surface area contributed by atoms with Crippen molar-refractivity contribution < 1.29 is 4.79 Å². The Hall–Kier alpha value is -2.26. The number of aryl methyl sites for hydroxylation is 1. The largest absolute Gasteiger partial charge is 0.384 e. The van der Waals surface area contributed by atoms with Gasteiger partial charge in [-0.1, -0.05) is 0 Å². The Kier molecular flexibility index (Phi) is 4.37. The van der Waals surface area contributed by atoms with Crippen LogP contribution in [0, 0.1) is 6.92 Å². The molecule has 0 aliphatic heterocycles. The maximum Gasteiger partial charge on any atom is 0.330 e. The first-order valence-electron chi connectivity index (χ1n) is 7.64. The van der Waals surface area contributed by atoms with Crippen molar-refractivity contribution in [1.82, 2.24) is 19.4 Å². The molecule has 0 aromatic carbocycles. The van der Waals surface area contributed by atoms with Crippen molar-refractivity contribution in [3.8, 4) is 0 Å². The van der Waals surface area contributed by atoms with Crippen LogP contribution in [0.25, 0.3) is 0 Å². The summed E-state index contributed by atoms with van der Waals surface area (Å²) in [5.74, 6) is -0.426. The topological polar surface area (TPSA) is 114 Å². The van der Waals surface area contributed by atoms with E-state index in [0.717, 1.165) is 22.7 Å². The number of hydrogen-bond acceptors (Lipinski definition) is 7. The number of nitrogens with zero attached hydrogens (tertiary/aromatic N) is 3. The summed E-state index contributed by atoms with van der Waals surface area (Å²) in [6.07, 6.45) is 3.43. The predicted molar refractivity (Wildman–Crippen MR) is 91.5 cm³/mol. The molecule has 0 saturated heterocycles. The van der Waals surface area contributed by atoms with E-state index >= 15 is 0 Å². The number of Topliss-reactive ketones (excluding diaryl/α,β-unsaturated/α-hetero) is 1. The number of H-pyrrole nitrogens is 1. The van der Waals surface area contributed by atoms with Gasteiger partial charge in [0.1, 0.15) is 11.4 Å². The van der Waals surface area contributed by atoms with Crippen LogP contribution in [0.3, 0.4) is 0 Å². The van der Waals surface area contributed by atoms with Gasteiger partial charge in [0.2, 0.25) is 0 Å². The number of thiazole rings is 1. The standard InChI is InChI=1S/C15H19N5O3S/c1-8-17-5-10(24-8)6-19(2)7-11(21)12-13(16)20(9-3-4-9)15(23)18-14(12)22/h5,9H,3-4,6-7,16H2,1-2H3,(H,18,22,23). The third-order valence-electron chi connectivity index (χ3n) is 3.88. The van der Waals surface area contributed by atoms with E-state index in [1.54, 1.807) is 29.5 Å². The summed E-state index contributed by atoms with van der Waals surface area (Å²) in [7, 11) is 1.79. The number of anilines is 1. The number of aromatic nitrogens is 3. The lowest BCUT2D eigenvalue weighted by atomic mass is 10.2. The van der Waals surface area contributed by atoms with Crippen molar-refractivity contribution in [2.75, 3.05) is 19.3 Å². The monoisotopic (exact) mass is 349 g/mol. The van der Waals surface area contributed by atoms with Gasteiger partial charge >= 0.3 is 5.69 Å². The Morgan fingerprint density at radius 3 is 2.79 bits per heavy atom. The molecule has 1 aliphatic rings. The molecule has 0 spiro atoms. The van der Waals surface area contributed by atoms with E-state index < -0.39 is 17.0 Å². The van der Waals surface area contributed by atoms with E-state index in [0.29, 0.717) is 6.54 Å². The predicted octanol–water partition coefficient (Wildman–Crippen LogP) is 0.533. The summed E-state index contributed by atoms with van der Waals surface area (Å²) in [5.41, 5.74) is 4.55. The number of hydrogen-bond donors (Lipinski definition) is 2. The number of nitrogens with two attached hydrogens (primary N) is 1. The molecule has 2 heterocycles. The van der Waals surface area contributed by atoms with Crippen LogP contribution in [0.5, 0.6) is 0 Å². The van der Waals surface area contributed by atoms with Crippen molar-refractivity contribution in [2.45, 2.75) is 32.4 Å². The van der Waals surface area contributed by atoms with Gasteiger partial charge in [0.25, 0.3) is 5.56 Å². The molecule has 24 heavy (non-hydrogen) atoms. The van der Waals surface area contributed by atoms with Gasteiger partial charge in [-0.2, -0.15) is 0 Å². The lowest BCUT2D eigenvalue weighted by Gasteiger charge is -2.16. The molecule has 0 radical (unpaired) electrons. The van der Waals surface area contributed by atoms with E-state index in [1.807, 2.05) is 6.92 Å². The summed E-state index contributed by atoms with van der Waals surface area (Å²) in [6.45, 7) is 2.51. The van der Waals surface area contributed by atoms with Gasteiger partial charge in [0.15, 0.2) is 5.78 Å². The van der Waals surface area contributed by atoms with Gasteiger partial charge in [0, 0.05) is 23.7 Å². The molecule has 0 unspecified atom stereocenters. The van der Waals surface area contributed by atoms with Crippen molar-refractivity contribution in [2.24, 2.45) is 0 Å². The number of carbonyl (C=O) groups is 1. The Labute approximate surface area is 141 Å². The average Bonchev–Trinajstić information content (AvgIpc) is 3.21. The molecule has 1 fully saturated rings. The molecule has 3 rings (SSSR count). The average molecular weight is 349 g/mol. The molecule has 3 N–H and O–H groups in total. The molecule has 1 aliphatic carbocycles. The second kappa shape index (κ2) is 6.33. The Bertz CT molecular complexity index is 893. The number of carbonyl (C=O) groups excluding carboxylic acids is 1. The van der Waals surface area contributed by atoms with Gasteiger partial charge in [0.05, 0.1) is 11.6 Å². The molecular formula is C15H19N5O3S. The number of nitrogen functional groups attached to an aromatic ring is 1. The number of nitrogens with one attached hydrogen (secondary N) is 1. The zero-order chi connectivity index (χ0) is 17.4. The zero-order valence-corrected chi connectivity index (χ0v) is 14.4. The molecule has 8 nitrogen and oxygen atoms in total. The van der Waals surface area contributed by atoms with Gasteiger partial charge in [-0.25, -0.2) is 9.78 Å². The van der Waals surface area contributed by atoms with Crippen molar-refractivity contribution >= 4 is 22.9 Å². The number of likely N-dealkylation sites (N-methyl/N-ethyl adjacent to an activating group) is 1. The lowest BCUT2D eigenvalue weighted by Crippen LogP contribution is -2.38. The number of ketones is 1. The smallest absolute Gasteiger partial charge is 0.330 e. The fourth-order valence-corrected chi connectivity index (χ4v) is 3.53. The summed E-state index contributed by atoms with van der Waals surface area (Å²) in [4.78, 5) is 45.7. The quantitative estimate of drug-likeness (QED) is 0.736. The first-order chi connectivity index (χ1) is 11.4. The number of rotatable bonds is 6. The highest BCUT2D eigenvalue weighted by Crippen LogP contribution is 2.35. The molecule has 2 aromatic rings. The second-order valence-electron chi connectivity index (χ2n) is 6.06. The van der Waals surface area contributed by atoms with Gasteiger partial charge < -0.3 is 5.73 Å². The van der Waals surface area contributed by atoms with Crippen LogP contribution < -0.4 is 17.0 Å². The summed E-state index contributed by atoms with van der Waals surface area (Å²) in [5, 5.41) is 0.960. The first kappa shape index (κ1) is 16.6. The zero-order valence-electron chi connectivity index (χ0n) is 13.5. The van der Waals surface area contributed by atoms with E-state index in [2.05, 4.69) is 9.97 Å². The highest BCUT2D eigenvalue weighted by Gasteiger charge is 2.30. The maximum absolute atomic E-state index is 12.5. The normalized spacial score (nSPS) is 14.3. The third-order valence-corrected chi connectivity index (χ3v) is 4.78. The van der Waals surface area contributed by atoms with Crippen LogP contribution in [0.15, 0.2) is 15.8 Å². The molecule has 9 heteroatoms. The van der Waals surface area contributed by atoms with Crippen molar-refractivity contribution in [3.05, 3.63) is 42.5 Å². The fourth-order valence-electron chi connectivity index (χ4n) is 2.66.